The number of amides is 2. The van der Waals surface area contributed by atoms with Crippen LogP contribution in [0.2, 0.25) is 0 Å². The van der Waals surface area contributed by atoms with E-state index in [2.05, 4.69) is 16.3 Å². The van der Waals surface area contributed by atoms with Crippen LogP contribution in [-0.4, -0.2) is 71.7 Å². The molecule has 1 atom stereocenters. The third-order valence-corrected chi connectivity index (χ3v) is 7.77. The monoisotopic (exact) mass is 505 g/mol. The predicted octanol–water partition coefficient (Wildman–Crippen LogP) is 3.53. The minimum Gasteiger partial charge on any atom is -0.465 e. The molecule has 0 bridgehead atoms. The molecule has 3 fully saturated rings. The van der Waals surface area contributed by atoms with E-state index < -0.39 is 35.9 Å². The number of nitriles is 1. The largest absolute Gasteiger partial charge is 0.465 e. The number of nitrogens with two attached hydrogens (primary N) is 1. The summed E-state index contributed by atoms with van der Waals surface area (Å²) >= 11 is 0. The van der Waals surface area contributed by atoms with Gasteiger partial charge in [-0.05, 0) is 57.4 Å². The smallest absolute Gasteiger partial charge is 0.407 e. The third-order valence-electron chi connectivity index (χ3n) is 7.77. The number of alkyl halides is 2. The second kappa shape index (κ2) is 11.5. The highest BCUT2D eigenvalue weighted by Crippen LogP contribution is 2.53. The number of halogens is 2. The zero-order chi connectivity index (χ0) is 26.4. The van der Waals surface area contributed by atoms with Gasteiger partial charge in [0.2, 0.25) is 5.91 Å². The van der Waals surface area contributed by atoms with Crippen LogP contribution in [0, 0.1) is 16.7 Å². The van der Waals surface area contributed by atoms with E-state index in [4.69, 9.17) is 10.8 Å². The summed E-state index contributed by atoms with van der Waals surface area (Å²) in [6, 6.07) is 8.57. The molecule has 8 nitrogen and oxygen atoms in total. The molecule has 1 saturated carbocycles. The van der Waals surface area contributed by atoms with E-state index in [1.54, 1.807) is 18.2 Å². The molecule has 4 rings (SSSR count). The van der Waals surface area contributed by atoms with Crippen LogP contribution in [0.4, 0.5) is 13.6 Å². The first-order valence-corrected chi connectivity index (χ1v) is 12.6. The van der Waals surface area contributed by atoms with Gasteiger partial charge in [0.05, 0.1) is 12.1 Å². The molecule has 198 valence electrons. The minimum atomic E-state index is -3.04. The number of nitrogens with one attached hydrogen (secondary N) is 1. The summed E-state index contributed by atoms with van der Waals surface area (Å²) in [6.45, 7) is 2.90. The minimum absolute atomic E-state index is 0.0913. The van der Waals surface area contributed by atoms with Gasteiger partial charge in [-0.15, -0.1) is 0 Å². The highest BCUT2D eigenvalue weighted by molar-refractivity contribution is 5.82. The van der Waals surface area contributed by atoms with Crippen LogP contribution in [0.3, 0.4) is 0 Å². The molecule has 2 aliphatic heterocycles. The van der Waals surface area contributed by atoms with Crippen LogP contribution in [0.15, 0.2) is 30.3 Å². The number of hydrogen-bond donors (Lipinski definition) is 3. The van der Waals surface area contributed by atoms with Crippen LogP contribution in [0.25, 0.3) is 0 Å². The maximum Gasteiger partial charge on any atom is 0.407 e. The fraction of sp³-hybridized carbons (Fsp3) is 0.654. The molecule has 2 amide bonds. The van der Waals surface area contributed by atoms with Gasteiger partial charge in [0, 0.05) is 38.2 Å². The van der Waals surface area contributed by atoms with Gasteiger partial charge in [-0.25, -0.2) is 13.6 Å². The molecule has 1 aliphatic carbocycles. The molecule has 1 aromatic rings. The lowest BCUT2D eigenvalue weighted by Gasteiger charge is -2.36. The van der Waals surface area contributed by atoms with E-state index in [-0.39, 0.29) is 12.0 Å². The molecule has 1 aromatic carbocycles. The van der Waals surface area contributed by atoms with Crippen molar-refractivity contribution in [3.8, 4) is 6.07 Å². The fourth-order valence-corrected chi connectivity index (χ4v) is 4.74. The van der Waals surface area contributed by atoms with Crippen molar-refractivity contribution in [1.82, 2.24) is 15.1 Å². The molecule has 0 radical (unpaired) electrons. The van der Waals surface area contributed by atoms with Gasteiger partial charge in [-0.2, -0.15) is 5.26 Å². The molecular weight excluding hydrogens is 468 g/mol. The number of nitrogens with zero attached hydrogens (tertiary/aromatic N) is 3. The molecule has 0 unspecified atom stereocenters. The van der Waals surface area contributed by atoms with Crippen molar-refractivity contribution in [3.05, 3.63) is 35.9 Å². The predicted molar refractivity (Wildman–Crippen MR) is 131 cm³/mol. The summed E-state index contributed by atoms with van der Waals surface area (Å²) in [4.78, 5) is 26.4. The van der Waals surface area contributed by atoms with E-state index in [0.29, 0.717) is 31.3 Å². The van der Waals surface area contributed by atoms with Crippen LogP contribution >= 0.6 is 0 Å². The lowest BCUT2D eigenvalue weighted by molar-refractivity contribution is -0.124. The zero-order valence-electron chi connectivity index (χ0n) is 20.9. The summed E-state index contributed by atoms with van der Waals surface area (Å²) in [5.41, 5.74) is 5.34. The van der Waals surface area contributed by atoms with Gasteiger partial charge in [-0.1, -0.05) is 30.3 Å². The van der Waals surface area contributed by atoms with E-state index >= 15 is 0 Å². The molecular formula is C26H37F2N5O3. The summed E-state index contributed by atoms with van der Waals surface area (Å²) in [6.07, 6.45) is 4.43. The number of hydrogen-bond acceptors (Lipinski definition) is 5. The number of likely N-dealkylation sites (tertiary alicyclic amines) is 2. The van der Waals surface area contributed by atoms with Gasteiger partial charge in [-0.3, -0.25) is 4.79 Å². The molecule has 36 heavy (non-hydrogen) atoms. The van der Waals surface area contributed by atoms with Gasteiger partial charge in [0.1, 0.15) is 5.54 Å². The Morgan fingerprint density at radius 1 is 1.11 bits per heavy atom. The van der Waals surface area contributed by atoms with Crippen molar-refractivity contribution < 1.29 is 23.5 Å². The number of piperidine rings is 2. The first kappa shape index (κ1) is 27.8. The Hall–Kier alpha value is -2.77. The first-order chi connectivity index (χ1) is 17.0. The van der Waals surface area contributed by atoms with Crippen molar-refractivity contribution in [2.75, 3.05) is 33.2 Å². The Kier molecular flexibility index (Phi) is 8.90. The molecule has 4 N–H and O–H groups in total. The van der Waals surface area contributed by atoms with Crippen molar-refractivity contribution in [2.45, 2.75) is 68.9 Å². The maximum absolute atomic E-state index is 14.2. The molecule has 1 spiro atoms. The van der Waals surface area contributed by atoms with Crippen molar-refractivity contribution in [1.29, 1.82) is 5.26 Å². The molecule has 3 aliphatic rings. The number of benzene rings is 1. The first-order valence-electron chi connectivity index (χ1n) is 12.6. The Labute approximate surface area is 211 Å². The summed E-state index contributed by atoms with van der Waals surface area (Å²) in [5, 5.41) is 20.8. The topological polar surface area (TPSA) is 123 Å². The molecule has 0 aromatic heterocycles. The van der Waals surface area contributed by atoms with Crippen LogP contribution in [-0.2, 0) is 10.7 Å². The normalized spacial score (nSPS) is 21.5. The second-order valence-electron chi connectivity index (χ2n) is 10.5. The van der Waals surface area contributed by atoms with Crippen molar-refractivity contribution in [2.24, 2.45) is 11.1 Å². The SMILES string of the molecule is CN1CCC(C#N)(NC(=O)[C@@H](N)CCC(F)(F)c2ccccc2)CC1.O=C(O)N1CCC2(CC1)CC2. The van der Waals surface area contributed by atoms with E-state index in [1.165, 1.54) is 29.9 Å². The Balaban J connectivity index is 0.000000270. The number of rotatable bonds is 6. The van der Waals surface area contributed by atoms with Gasteiger partial charge in [0.15, 0.2) is 0 Å². The maximum atomic E-state index is 14.2. The molecule has 2 saturated heterocycles. The lowest BCUT2D eigenvalue weighted by atomic mass is 9.88. The standard InChI is InChI=1S/C18H24F2N4O.C8H13NO2/c1-24-11-9-17(13-21,10-12-24)23-16(25)15(22)7-8-18(19,20)14-5-3-2-4-6-14;10-7(11)9-5-3-8(1-2-8)4-6-9/h2-6,15H,7-12,22H2,1H3,(H,23,25);1-6H2,(H,10,11)/t15-;/m0./s1. The summed E-state index contributed by atoms with van der Waals surface area (Å²) in [7, 11) is 1.94. The Morgan fingerprint density at radius 2 is 1.69 bits per heavy atom. The fourth-order valence-electron chi connectivity index (χ4n) is 4.74. The number of carboxylic acid groups (broad SMARTS) is 1. The highest BCUT2D eigenvalue weighted by Gasteiger charge is 2.45. The summed E-state index contributed by atoms with van der Waals surface area (Å²) < 4.78 is 28.4. The lowest BCUT2D eigenvalue weighted by Crippen LogP contribution is -2.57. The number of carbonyl (C=O) groups is 2. The Bertz CT molecular complexity index is 931. The average molecular weight is 506 g/mol. The zero-order valence-corrected chi connectivity index (χ0v) is 20.9. The van der Waals surface area contributed by atoms with E-state index in [1.807, 2.05) is 7.05 Å². The Morgan fingerprint density at radius 3 is 2.19 bits per heavy atom. The highest BCUT2D eigenvalue weighted by atomic mass is 19.3. The van der Waals surface area contributed by atoms with Crippen molar-refractivity contribution >= 4 is 12.0 Å². The molecule has 2 heterocycles. The van der Waals surface area contributed by atoms with Crippen LogP contribution < -0.4 is 11.1 Å². The third kappa shape index (κ3) is 7.37. The molecule has 10 heteroatoms. The van der Waals surface area contributed by atoms with Crippen LogP contribution in [0.1, 0.15) is 56.9 Å². The van der Waals surface area contributed by atoms with Gasteiger partial charge in [0.25, 0.3) is 5.92 Å². The van der Waals surface area contributed by atoms with Crippen LogP contribution in [0.5, 0.6) is 0 Å². The van der Waals surface area contributed by atoms with Gasteiger partial charge >= 0.3 is 6.09 Å². The second-order valence-corrected chi connectivity index (χ2v) is 10.5. The average Bonchev–Trinajstić information content (AvgIpc) is 3.63. The van der Waals surface area contributed by atoms with Crippen molar-refractivity contribution in [3.63, 3.8) is 0 Å². The van der Waals surface area contributed by atoms with E-state index in [9.17, 15) is 23.6 Å². The van der Waals surface area contributed by atoms with E-state index in [0.717, 1.165) is 25.9 Å². The quantitative estimate of drug-likeness (QED) is 0.544. The number of carbonyl (C=O) groups excluding carboxylic acids is 1. The summed E-state index contributed by atoms with van der Waals surface area (Å²) in [5.74, 6) is -3.59. The van der Waals surface area contributed by atoms with Gasteiger partial charge < -0.3 is 26.0 Å².